The van der Waals surface area contributed by atoms with E-state index in [1.165, 1.54) is 21.4 Å². The number of piperazine rings is 5. The lowest BCUT2D eigenvalue weighted by atomic mass is 10.0. The topological polar surface area (TPSA) is 344 Å². The van der Waals surface area contributed by atoms with Gasteiger partial charge in [0.2, 0.25) is 0 Å². The van der Waals surface area contributed by atoms with Crippen molar-refractivity contribution >= 4 is 249 Å². The van der Waals surface area contributed by atoms with E-state index in [0.29, 0.717) is 98.3 Å². The zero-order valence-corrected chi connectivity index (χ0v) is 92.5. The number of rotatable bonds is 10. The molecule has 10 atom stereocenters. The summed E-state index contributed by atoms with van der Waals surface area (Å²) in [5.41, 5.74) is 8.37. The van der Waals surface area contributed by atoms with E-state index in [1.807, 2.05) is 127 Å². The molecule has 6 saturated heterocycles. The third-order valence-electron chi connectivity index (χ3n) is 20.2. The Kier molecular flexibility index (Phi) is 55.0. The Morgan fingerprint density at radius 1 is 0.431 bits per heavy atom. The summed E-state index contributed by atoms with van der Waals surface area (Å²) in [6, 6.07) is 20.9. The van der Waals surface area contributed by atoms with Crippen molar-refractivity contribution in [3.8, 4) is 0 Å². The molecule has 0 unspecified atom stereocenters. The van der Waals surface area contributed by atoms with Crippen LogP contribution in [0.1, 0.15) is 152 Å². The molecule has 0 spiro atoms. The van der Waals surface area contributed by atoms with Gasteiger partial charge in [-0.2, -0.15) is 135 Å². The fraction of sp³-hybridized carbons (Fsp3) is 0.600. The minimum atomic E-state index is -0.525. The highest BCUT2D eigenvalue weighted by atomic mass is 79.9. The van der Waals surface area contributed by atoms with Crippen molar-refractivity contribution in [2.24, 2.45) is 14.1 Å². The van der Waals surface area contributed by atoms with Crippen LogP contribution in [0.2, 0.25) is 0 Å². The lowest BCUT2D eigenvalue weighted by Crippen LogP contribution is -2.62. The zero-order chi connectivity index (χ0) is 89.0. The van der Waals surface area contributed by atoms with E-state index in [1.54, 1.807) is 82.7 Å². The normalized spacial score (nSPS) is 20.7. The molecule has 130 heavy (non-hydrogen) atoms. The number of pyridine rings is 6. The molecule has 0 aliphatic carbocycles. The van der Waals surface area contributed by atoms with Crippen LogP contribution < -0.4 is 52.4 Å². The Morgan fingerprint density at radius 2 is 0.700 bits per heavy atom. The summed E-state index contributed by atoms with van der Waals surface area (Å²) in [4.78, 5) is 119. The van der Waals surface area contributed by atoms with Gasteiger partial charge in [0.05, 0.1) is 60.6 Å². The number of hydrogen-bond donors (Lipinski definition) is 4. The third-order valence-corrected chi connectivity index (χ3v) is 21.1. The van der Waals surface area contributed by atoms with E-state index < -0.39 is 27.3 Å². The van der Waals surface area contributed by atoms with Crippen molar-refractivity contribution in [2.75, 3.05) is 115 Å². The Balaban J connectivity index is -0.00000154. The van der Waals surface area contributed by atoms with Gasteiger partial charge in [0.25, 0.3) is 11.1 Å². The molecular formula is C85H148Br2N20O13S10. The number of nitrogens with two attached hydrogens (primary N) is 1. The number of aromatic nitrogens is 6. The van der Waals surface area contributed by atoms with Crippen LogP contribution in [0.4, 0.5) is 76.6 Å². The van der Waals surface area contributed by atoms with Gasteiger partial charge in [-0.15, -0.1) is 0 Å². The molecule has 6 aliphatic rings. The van der Waals surface area contributed by atoms with Gasteiger partial charge in [0.1, 0.15) is 51.2 Å². The number of carbonyl (C=O) groups is 4. The first-order valence-electron chi connectivity index (χ1n) is 41.0. The van der Waals surface area contributed by atoms with Crippen LogP contribution in [0.25, 0.3) is 0 Å². The summed E-state index contributed by atoms with van der Waals surface area (Å²) < 4.78 is 31.8. The number of halogens is 2. The molecule has 740 valence electrons. The quantitative estimate of drug-likeness (QED) is 0.0562. The van der Waals surface area contributed by atoms with E-state index in [4.69, 9.17) is 29.4 Å². The standard InChI is InChI=1S/C22H30BrN5O3.C20H26BrN5O2.C16H24N4O4.C16H26N4O2.C11H22N2O2.10H2S/c1-14-11-27(21(30)31-22(3,4)5)12-15(2)28(14)17-7-8-19(24-10-17)25-18-9-16(23)13-26(6)20(18)29;1-13-8-25(17-11-28-12-17)9-14(2)26(13)16-4-5-19(22-7-16)23-18-6-15(21)10-24(3)20(18)27;1-11-9-18(15(21)24-16(3,4)5)10-12(2)19(11)13-6-7-14(17-8-13)20(22)23;1-11-9-19(15(21)22-16(3,4)5)10-12(2)20(11)13-6-7-14(17)18-8-13;1-8-6-13(7-9(2)12-8)10(14)15-11(3,4)5;;;;;;;;;;/h7-10,13-15H,11-12H2,1-6H3,(H,24,25);4-7,10,13-14,17H,8-9,11-12H2,1-3H3,(H,22,23);6-8,11-12H,9-10H2,1-5H3;6-8,11-12H,9-10H2,1-5H3,(H2,17,18);8-9,12H,6-7H2,1-5H3;10*1H2/t14-,15-;13-,14-;2*11-,12-;8-,9-;;;;;;;;;;/m00000........../s1. The predicted octanol–water partition coefficient (Wildman–Crippen LogP) is 14.8. The smallest absolute Gasteiger partial charge is 0.410 e. The molecule has 6 fully saturated rings. The van der Waals surface area contributed by atoms with Crippen molar-refractivity contribution in [2.45, 2.75) is 241 Å². The summed E-state index contributed by atoms with van der Waals surface area (Å²) in [5, 5.41) is 20.3. The molecule has 0 bridgehead atoms. The van der Waals surface area contributed by atoms with Gasteiger partial charge in [-0.05, 0) is 249 Å². The second kappa shape index (κ2) is 55.8. The van der Waals surface area contributed by atoms with Gasteiger partial charge in [0, 0.05) is 167 Å². The number of amides is 4. The average Bonchev–Trinajstić information content (AvgIpc) is 0.797. The van der Waals surface area contributed by atoms with Crippen molar-refractivity contribution in [1.82, 2.24) is 58.9 Å². The SMILES string of the molecule is C[C@H]1CN(C(=O)OC(C)(C)C)C[C@H](C)N1.C[C@H]1CN(C(=O)OC(C)(C)C)C[C@H](C)N1c1ccc(N)nc1.C[C@H]1CN(C(=O)OC(C)(C)C)C[C@H](C)N1c1ccc(Nc2cc(Br)cn(C)c2=O)nc1.C[C@H]1CN(C(=O)OC(C)(C)C)C[C@H](C)N1c1ccc([N+](=O)[O-])nc1.C[C@H]1CN(C2COC2)C[C@H](C)N1c1ccc(Nc2cc(Br)cn(C)c2=O)nc1.S.S.S.S.S.S.S.S.S.S. The lowest BCUT2D eigenvalue weighted by molar-refractivity contribution is -0.389. The average molecular weight is 2140 g/mol. The van der Waals surface area contributed by atoms with Gasteiger partial charge in [-0.3, -0.25) is 14.5 Å². The highest BCUT2D eigenvalue weighted by molar-refractivity contribution is 9.10. The maximum atomic E-state index is 12.5. The Morgan fingerprint density at radius 3 is 0.938 bits per heavy atom. The molecule has 12 heterocycles. The number of anilines is 9. The Hall–Kier alpha value is -6.08. The van der Waals surface area contributed by atoms with Crippen LogP contribution in [0.15, 0.2) is 116 Å². The maximum Gasteiger partial charge on any atom is 0.410 e. The molecule has 33 nitrogen and oxygen atoms in total. The molecule has 45 heteroatoms. The molecule has 4 amide bonds. The second-order valence-electron chi connectivity index (χ2n) is 36.2. The number of nitro groups is 1. The molecule has 12 rings (SSSR count). The van der Waals surface area contributed by atoms with Gasteiger partial charge in [-0.1, -0.05) is 0 Å². The number of nitrogens with zero attached hydrogens (tertiary/aromatic N) is 16. The van der Waals surface area contributed by atoms with Crippen molar-refractivity contribution in [3.63, 3.8) is 0 Å². The van der Waals surface area contributed by atoms with Crippen LogP contribution >= 0.6 is 167 Å². The molecule has 5 N–H and O–H groups in total. The number of nitrogens with one attached hydrogen (secondary N) is 3. The first-order chi connectivity index (χ1) is 55.9. The highest BCUT2D eigenvalue weighted by Gasteiger charge is 2.40. The van der Waals surface area contributed by atoms with E-state index in [2.05, 4.69) is 154 Å². The number of ether oxygens (including phenoxy) is 5. The summed E-state index contributed by atoms with van der Waals surface area (Å²) in [7, 11) is 3.43. The maximum absolute atomic E-state index is 12.5. The van der Waals surface area contributed by atoms with Crippen LogP contribution in [-0.4, -0.2) is 250 Å². The van der Waals surface area contributed by atoms with Crippen LogP contribution in [0.3, 0.4) is 0 Å². The Labute approximate surface area is 855 Å². The number of nitrogen functional groups attached to an aromatic ring is 1. The van der Waals surface area contributed by atoms with Crippen molar-refractivity contribution in [1.29, 1.82) is 0 Å². The molecule has 6 aromatic rings. The second-order valence-corrected chi connectivity index (χ2v) is 38.0. The Bertz CT molecular complexity index is 4530. The van der Waals surface area contributed by atoms with E-state index >= 15 is 0 Å². The fourth-order valence-electron chi connectivity index (χ4n) is 15.5. The number of aryl methyl sites for hydroxylation is 2. The minimum Gasteiger partial charge on any atom is -0.444 e. The zero-order valence-electron chi connectivity index (χ0n) is 79.4. The third kappa shape index (κ3) is 38.2. The minimum absolute atomic E-state index is 0. The number of carbonyl (C=O) groups excluding carboxylic acids is 4. The molecule has 0 saturated carbocycles. The molecule has 6 aliphatic heterocycles. The van der Waals surface area contributed by atoms with Gasteiger partial charge in [-0.25, -0.2) is 34.1 Å². The van der Waals surface area contributed by atoms with Gasteiger partial charge < -0.3 is 104 Å². The van der Waals surface area contributed by atoms with Crippen LogP contribution in [0, 0.1) is 10.1 Å². The summed E-state index contributed by atoms with van der Waals surface area (Å²) in [6.07, 6.45) is 9.37. The monoisotopic (exact) mass is 2130 g/mol. The predicted molar refractivity (Wildman–Crippen MR) is 582 cm³/mol. The van der Waals surface area contributed by atoms with Gasteiger partial charge >= 0.3 is 30.2 Å². The molecule has 0 radical (unpaired) electrons. The van der Waals surface area contributed by atoms with Crippen molar-refractivity contribution < 1.29 is 47.8 Å². The molecule has 0 aromatic carbocycles. The fourth-order valence-corrected chi connectivity index (χ4v) is 16.6. The summed E-state index contributed by atoms with van der Waals surface area (Å²) in [6.45, 7) is 52.2. The molecule has 6 aromatic heterocycles. The van der Waals surface area contributed by atoms with E-state index in [9.17, 15) is 38.9 Å². The van der Waals surface area contributed by atoms with Gasteiger partial charge in [0.15, 0.2) is 6.20 Å². The van der Waals surface area contributed by atoms with Crippen molar-refractivity contribution in [3.05, 3.63) is 138 Å². The first kappa shape index (κ1) is 128. The largest absolute Gasteiger partial charge is 0.444 e. The van der Waals surface area contributed by atoms with E-state index in [-0.39, 0.29) is 213 Å². The summed E-state index contributed by atoms with van der Waals surface area (Å²) >= 11 is 6.83. The molecular weight excluding hydrogens is 1990 g/mol. The van der Waals surface area contributed by atoms with Crippen LogP contribution in [-0.2, 0) is 37.8 Å². The summed E-state index contributed by atoms with van der Waals surface area (Å²) in [5.74, 6) is 1.58. The first-order valence-corrected chi connectivity index (χ1v) is 42.6. The lowest BCUT2D eigenvalue weighted by Gasteiger charge is -2.49. The van der Waals surface area contributed by atoms with Crippen LogP contribution in [0.5, 0.6) is 0 Å². The highest BCUT2D eigenvalue weighted by Crippen LogP contribution is 2.33. The number of hydrogen-bond acceptors (Lipinski definition) is 26. The van der Waals surface area contributed by atoms with E-state index in [0.717, 1.165) is 71.1 Å².